The summed E-state index contributed by atoms with van der Waals surface area (Å²) in [6, 6.07) is 8.43. The Morgan fingerprint density at radius 3 is 2.21 bits per heavy atom. The second-order valence-corrected chi connectivity index (χ2v) is 5.91. The average molecular weight is 384 g/mol. The maximum atomic E-state index is 9.80. The van der Waals surface area contributed by atoms with Gasteiger partial charge in [-0.2, -0.15) is 5.26 Å². The summed E-state index contributed by atoms with van der Waals surface area (Å²) in [5.41, 5.74) is 7.41. The minimum atomic E-state index is -0.627. The third-order valence-corrected chi connectivity index (χ3v) is 4.53. The van der Waals surface area contributed by atoms with Crippen LogP contribution in [-0.2, 0) is 0 Å². The van der Waals surface area contributed by atoms with E-state index in [-0.39, 0.29) is 17.2 Å². The van der Waals surface area contributed by atoms with E-state index in [1.807, 2.05) is 0 Å². The number of rotatable bonds is 5. The van der Waals surface area contributed by atoms with Gasteiger partial charge in [-0.05, 0) is 12.1 Å². The van der Waals surface area contributed by atoms with Gasteiger partial charge in [0.15, 0.2) is 11.5 Å². The first-order valence-electron chi connectivity index (χ1n) is 8.28. The van der Waals surface area contributed by atoms with Gasteiger partial charge in [0.1, 0.15) is 23.1 Å². The molecule has 2 aromatic carbocycles. The van der Waals surface area contributed by atoms with Crippen molar-refractivity contribution in [1.82, 2.24) is 0 Å². The second kappa shape index (κ2) is 7.48. The summed E-state index contributed by atoms with van der Waals surface area (Å²) in [4.78, 5) is 0. The van der Waals surface area contributed by atoms with Gasteiger partial charge in [0.25, 0.3) is 0 Å². The monoisotopic (exact) mass is 384 g/mol. The van der Waals surface area contributed by atoms with E-state index in [2.05, 4.69) is 6.07 Å². The van der Waals surface area contributed by atoms with Gasteiger partial charge in [0.05, 0.1) is 34.4 Å². The van der Waals surface area contributed by atoms with Crippen LogP contribution < -0.4 is 29.4 Å². The SMILES string of the molecule is COc1cc([C@@H]2C(C#N)=C(N)Oc3cc(O)ccc32)c(OC)c(OC)c1OC. The van der Waals surface area contributed by atoms with Crippen LogP contribution in [0.25, 0.3) is 0 Å². The summed E-state index contributed by atoms with van der Waals surface area (Å²) in [7, 11) is 5.96. The molecule has 0 saturated heterocycles. The zero-order valence-corrected chi connectivity index (χ0v) is 15.9. The number of benzene rings is 2. The number of allylic oxidation sites excluding steroid dienone is 1. The van der Waals surface area contributed by atoms with Crippen LogP contribution >= 0.6 is 0 Å². The van der Waals surface area contributed by atoms with Crippen molar-refractivity contribution in [2.45, 2.75) is 5.92 Å². The highest BCUT2D eigenvalue weighted by Crippen LogP contribution is 2.53. The van der Waals surface area contributed by atoms with Crippen LogP contribution in [0.3, 0.4) is 0 Å². The first-order chi connectivity index (χ1) is 13.5. The van der Waals surface area contributed by atoms with Crippen molar-refractivity contribution in [2.75, 3.05) is 28.4 Å². The van der Waals surface area contributed by atoms with Crippen LogP contribution in [0.2, 0.25) is 0 Å². The molecule has 2 aromatic rings. The average Bonchev–Trinajstić information content (AvgIpc) is 2.70. The fraction of sp³-hybridized carbons (Fsp3) is 0.250. The zero-order chi connectivity index (χ0) is 20.4. The van der Waals surface area contributed by atoms with Gasteiger partial charge < -0.3 is 34.5 Å². The molecule has 8 nitrogen and oxygen atoms in total. The van der Waals surface area contributed by atoms with Crippen molar-refractivity contribution in [3.8, 4) is 40.6 Å². The maximum Gasteiger partial charge on any atom is 0.207 e. The smallest absolute Gasteiger partial charge is 0.207 e. The van der Waals surface area contributed by atoms with Gasteiger partial charge in [-0.25, -0.2) is 0 Å². The molecule has 0 bridgehead atoms. The van der Waals surface area contributed by atoms with E-state index in [1.54, 1.807) is 12.1 Å². The van der Waals surface area contributed by atoms with Crippen LogP contribution in [0.5, 0.6) is 34.5 Å². The third kappa shape index (κ3) is 2.87. The lowest BCUT2D eigenvalue weighted by Gasteiger charge is -2.28. The number of hydrogen-bond acceptors (Lipinski definition) is 8. The fourth-order valence-electron chi connectivity index (χ4n) is 3.34. The van der Waals surface area contributed by atoms with E-state index >= 15 is 0 Å². The number of nitriles is 1. The van der Waals surface area contributed by atoms with E-state index < -0.39 is 5.92 Å². The molecule has 0 unspecified atom stereocenters. The van der Waals surface area contributed by atoms with Crippen LogP contribution in [0.4, 0.5) is 0 Å². The zero-order valence-electron chi connectivity index (χ0n) is 15.9. The summed E-state index contributed by atoms with van der Waals surface area (Å²) in [5.74, 6) is 1.13. The quantitative estimate of drug-likeness (QED) is 0.808. The number of phenolic OH excluding ortho intramolecular Hbond substituents is 1. The fourth-order valence-corrected chi connectivity index (χ4v) is 3.34. The Balaban J connectivity index is 2.38. The molecule has 3 rings (SSSR count). The molecular weight excluding hydrogens is 364 g/mol. The Bertz CT molecular complexity index is 993. The van der Waals surface area contributed by atoms with Crippen molar-refractivity contribution < 1.29 is 28.8 Å². The van der Waals surface area contributed by atoms with Crippen molar-refractivity contribution in [1.29, 1.82) is 5.26 Å². The van der Waals surface area contributed by atoms with Crippen LogP contribution in [0.1, 0.15) is 17.0 Å². The molecule has 1 aliphatic rings. The minimum absolute atomic E-state index is 0.0163. The Kier molecular flexibility index (Phi) is 5.09. The van der Waals surface area contributed by atoms with Gasteiger partial charge in [-0.3, -0.25) is 0 Å². The van der Waals surface area contributed by atoms with E-state index in [4.69, 9.17) is 29.4 Å². The molecule has 1 aliphatic heterocycles. The highest BCUT2D eigenvalue weighted by molar-refractivity contribution is 5.68. The predicted octanol–water partition coefficient (Wildman–Crippen LogP) is 2.64. The maximum absolute atomic E-state index is 9.80. The number of hydrogen-bond donors (Lipinski definition) is 2. The predicted molar refractivity (Wildman–Crippen MR) is 100 cm³/mol. The Labute approximate surface area is 162 Å². The number of aromatic hydroxyl groups is 1. The normalized spacial score (nSPS) is 15.2. The largest absolute Gasteiger partial charge is 0.508 e. The first kappa shape index (κ1) is 19.0. The molecular formula is C20H20N2O6. The molecule has 1 atom stereocenters. The molecule has 1 heterocycles. The minimum Gasteiger partial charge on any atom is -0.508 e. The number of fused-ring (bicyclic) bond motifs is 1. The number of phenols is 1. The number of ether oxygens (including phenoxy) is 5. The van der Waals surface area contributed by atoms with Crippen LogP contribution in [0.15, 0.2) is 35.7 Å². The van der Waals surface area contributed by atoms with Gasteiger partial charge in [-0.1, -0.05) is 6.07 Å². The van der Waals surface area contributed by atoms with Crippen molar-refractivity contribution >= 4 is 0 Å². The molecule has 28 heavy (non-hydrogen) atoms. The molecule has 0 aliphatic carbocycles. The molecule has 0 fully saturated rings. The topological polar surface area (TPSA) is 116 Å². The Morgan fingerprint density at radius 1 is 0.964 bits per heavy atom. The standard InChI is InChI=1S/C20H20N2O6/c1-24-15-8-12(17(25-2)19(27-4)18(15)26-3)16-11-6-5-10(23)7-14(11)28-20(22)13(16)9-21/h5-8,16,23H,22H2,1-4H3/t16-/m1/s1. The molecule has 0 aromatic heterocycles. The van der Waals surface area contributed by atoms with Gasteiger partial charge in [0, 0.05) is 17.2 Å². The van der Waals surface area contributed by atoms with Crippen LogP contribution in [-0.4, -0.2) is 33.5 Å². The lowest BCUT2D eigenvalue weighted by molar-refractivity contribution is 0.303. The molecule has 0 radical (unpaired) electrons. The lowest BCUT2D eigenvalue weighted by atomic mass is 9.82. The number of nitrogens with zero attached hydrogens (tertiary/aromatic N) is 1. The van der Waals surface area contributed by atoms with Crippen molar-refractivity contribution in [3.63, 3.8) is 0 Å². The van der Waals surface area contributed by atoms with Crippen molar-refractivity contribution in [2.24, 2.45) is 5.73 Å². The van der Waals surface area contributed by atoms with Gasteiger partial charge in [0.2, 0.25) is 17.4 Å². The molecule has 0 saturated carbocycles. The number of methoxy groups -OCH3 is 4. The second-order valence-electron chi connectivity index (χ2n) is 5.91. The summed E-state index contributed by atoms with van der Waals surface area (Å²) < 4.78 is 27.5. The lowest BCUT2D eigenvalue weighted by Crippen LogP contribution is -2.21. The first-order valence-corrected chi connectivity index (χ1v) is 8.28. The molecule has 0 spiro atoms. The molecule has 146 valence electrons. The van der Waals surface area contributed by atoms with Crippen molar-refractivity contribution in [3.05, 3.63) is 46.8 Å². The van der Waals surface area contributed by atoms with E-state index in [9.17, 15) is 10.4 Å². The highest BCUT2D eigenvalue weighted by Gasteiger charge is 2.35. The van der Waals surface area contributed by atoms with Gasteiger partial charge in [-0.15, -0.1) is 0 Å². The van der Waals surface area contributed by atoms with E-state index in [0.717, 1.165) is 0 Å². The third-order valence-electron chi connectivity index (χ3n) is 4.53. The highest BCUT2D eigenvalue weighted by atomic mass is 16.5. The van der Waals surface area contributed by atoms with E-state index in [0.29, 0.717) is 39.9 Å². The molecule has 0 amide bonds. The Morgan fingerprint density at radius 2 is 1.64 bits per heavy atom. The molecule has 3 N–H and O–H groups in total. The summed E-state index contributed by atoms with van der Waals surface area (Å²) in [6.07, 6.45) is 0. The summed E-state index contributed by atoms with van der Waals surface area (Å²) in [5, 5.41) is 19.6. The number of nitrogens with two attached hydrogens (primary N) is 1. The summed E-state index contributed by atoms with van der Waals surface area (Å²) >= 11 is 0. The summed E-state index contributed by atoms with van der Waals surface area (Å²) in [6.45, 7) is 0. The molecule has 8 heteroatoms. The van der Waals surface area contributed by atoms with Crippen LogP contribution in [0, 0.1) is 11.3 Å². The van der Waals surface area contributed by atoms with Gasteiger partial charge >= 0.3 is 0 Å². The Hall–Kier alpha value is -3.73. The van der Waals surface area contributed by atoms with E-state index in [1.165, 1.54) is 40.6 Å².